The maximum absolute atomic E-state index is 13.0. The number of carbonyl (C=O) groups is 6. The zero-order valence-corrected chi connectivity index (χ0v) is 40.3. The first-order valence-electron chi connectivity index (χ1n) is 16.8. The van der Waals surface area contributed by atoms with Crippen LogP contribution in [0.1, 0.15) is 62.5 Å². The number of methoxy groups -OCH3 is 1. The van der Waals surface area contributed by atoms with Crippen LogP contribution in [0.4, 0.5) is 13.2 Å². The predicted octanol–water partition coefficient (Wildman–Crippen LogP) is 0.181. The summed E-state index contributed by atoms with van der Waals surface area (Å²) in [5, 5.41) is 1.06. The molecule has 2 saturated heterocycles. The fraction of sp³-hybridized carbons (Fsp3) is 0.333. The molecule has 0 aromatic heterocycles. The summed E-state index contributed by atoms with van der Waals surface area (Å²) in [5.74, 6) is -2.87. The van der Waals surface area contributed by atoms with Crippen LogP contribution >= 0.6 is 42.8 Å². The number of ether oxygens (including phenoxy) is 1. The fourth-order valence-electron chi connectivity index (χ4n) is 4.90. The van der Waals surface area contributed by atoms with Crippen LogP contribution in [-0.2, 0) is 63.9 Å². The smallest absolute Gasteiger partial charge is 1.00 e. The van der Waals surface area contributed by atoms with E-state index in [1.54, 1.807) is 12.1 Å². The number of hydroxylamine groups is 4. The molecule has 2 heterocycles. The van der Waals surface area contributed by atoms with Gasteiger partial charge in [0.1, 0.15) is 0 Å². The van der Waals surface area contributed by atoms with Gasteiger partial charge in [-0.05, 0) is 53.1 Å². The number of amides is 4. The summed E-state index contributed by atoms with van der Waals surface area (Å²) in [5.41, 5.74) is -3.69. The zero-order chi connectivity index (χ0) is 41.0. The summed E-state index contributed by atoms with van der Waals surface area (Å²) in [6.45, 7) is 0. The Kier molecular flexibility index (Phi) is 21.5. The summed E-state index contributed by atoms with van der Waals surface area (Å²) >= 11 is -1.30. The standard InChI is InChI=1S/C22H21F3INO8S.C14H14INO4.HI.Na/c1-33-18-11-9-17(10-12-18)26(35-36(31,32)22(23,24)25)16-7-5-15(6-8-16)3-2-4-21(30)34-27-19(28)13-14-20(27)29;15-11-6-4-10(5-7-11)2-1-3-14(19)20-16-12(17)8-9-13(16)18;;/h5-12H,2-4,13-14H2,1H3;4-7H,1-3,8-9H2;1H;/q;;;+1/p-1/i;15-3;1-3;. The zero-order valence-electron chi connectivity index (χ0n) is 31.0. The SMILES string of the molecule is COc1ccc(I(OS(=O)(=O)C(F)(F)F)c2ccc(CCCC(=O)ON3C(=O)CCC3=O)cc2)cc1.O=C(CCCc1ccc([124I])cc1)ON1C(=O)CCC1=O.[124I-].[Na+]. The van der Waals surface area contributed by atoms with Crippen molar-refractivity contribution in [1.82, 2.24) is 10.1 Å². The van der Waals surface area contributed by atoms with Gasteiger partial charge in [-0.15, -0.1) is 5.06 Å². The number of halogens is 6. The molecule has 2 aliphatic heterocycles. The van der Waals surface area contributed by atoms with Gasteiger partial charge in [-0.25, -0.2) is 4.79 Å². The van der Waals surface area contributed by atoms with Gasteiger partial charge in [0.2, 0.25) is 0 Å². The summed E-state index contributed by atoms with van der Waals surface area (Å²) in [6, 6.07) is 20.2. The third kappa shape index (κ3) is 15.6. The van der Waals surface area contributed by atoms with E-state index in [2.05, 4.69) is 22.6 Å². The van der Waals surface area contributed by atoms with Crippen LogP contribution in [0.3, 0.4) is 0 Å². The van der Waals surface area contributed by atoms with Crippen molar-refractivity contribution in [3.8, 4) is 5.75 Å². The molecule has 0 atom stereocenters. The Hall–Kier alpha value is -2.43. The van der Waals surface area contributed by atoms with Crippen molar-refractivity contribution < 1.29 is 121 Å². The first kappa shape index (κ1) is 51.7. The minimum absolute atomic E-state index is 0. The van der Waals surface area contributed by atoms with Gasteiger partial charge in [0, 0.05) is 22.8 Å². The average molecular weight is 1170 g/mol. The Labute approximate surface area is 392 Å². The summed E-state index contributed by atoms with van der Waals surface area (Å²) in [7, 11) is -4.41. The van der Waals surface area contributed by atoms with Gasteiger partial charge in [0.15, 0.2) is 0 Å². The number of aryl methyl sites for hydroxylation is 2. The van der Waals surface area contributed by atoms with Gasteiger partial charge in [0.25, 0.3) is 11.8 Å². The Morgan fingerprint density at radius 1 is 0.690 bits per heavy atom. The van der Waals surface area contributed by atoms with Gasteiger partial charge in [0.05, 0.1) is 0 Å². The number of rotatable bonds is 15. The Bertz CT molecular complexity index is 1990. The molecule has 14 nitrogen and oxygen atoms in total. The van der Waals surface area contributed by atoms with Crippen LogP contribution in [0, 0.1) is 10.7 Å². The van der Waals surface area contributed by atoms with Gasteiger partial charge >= 0.3 is 248 Å². The minimum Gasteiger partial charge on any atom is -1.00 e. The molecule has 22 heteroatoms. The molecule has 0 radical (unpaired) electrons. The molecule has 5 rings (SSSR count). The van der Waals surface area contributed by atoms with Crippen molar-refractivity contribution in [2.45, 2.75) is 69.7 Å². The molecule has 0 spiro atoms. The normalized spacial score (nSPS) is 14.2. The van der Waals surface area contributed by atoms with E-state index in [9.17, 15) is 50.4 Å². The van der Waals surface area contributed by atoms with E-state index in [4.69, 9.17) is 16.9 Å². The van der Waals surface area contributed by atoms with E-state index in [1.165, 1.54) is 43.5 Å². The Morgan fingerprint density at radius 2 is 1.05 bits per heavy atom. The quantitative estimate of drug-likeness (QED) is 0.0875. The molecular weight excluding hydrogens is 1140 g/mol. The number of imide groups is 2. The molecule has 3 aromatic carbocycles. The van der Waals surface area contributed by atoms with Crippen molar-refractivity contribution in [3.05, 3.63) is 94.6 Å². The van der Waals surface area contributed by atoms with Crippen LogP contribution < -0.4 is 58.3 Å². The molecular formula is C36H35F3I3N2NaO12S. The second kappa shape index (κ2) is 24.1. The summed E-state index contributed by atoms with van der Waals surface area (Å²) in [4.78, 5) is 78.6. The predicted molar refractivity (Wildman–Crippen MR) is 206 cm³/mol. The molecule has 4 amide bonds. The number of nitrogens with zero attached hydrogens (tertiary/aromatic N) is 2. The number of hydrogen-bond donors (Lipinski definition) is 0. The molecule has 0 N–H and O–H groups in total. The first-order chi connectivity index (χ1) is 26.5. The van der Waals surface area contributed by atoms with E-state index in [0.717, 1.165) is 21.1 Å². The van der Waals surface area contributed by atoms with Gasteiger partial charge in [-0.2, -0.15) is 0 Å². The topological polar surface area (TPSA) is 180 Å². The summed E-state index contributed by atoms with van der Waals surface area (Å²) in [6.07, 6.45) is 2.41. The molecule has 310 valence electrons. The Balaban J connectivity index is 0.000000448. The molecule has 2 fully saturated rings. The second-order valence-corrected chi connectivity index (χ2v) is 19.7. The molecule has 0 bridgehead atoms. The molecule has 58 heavy (non-hydrogen) atoms. The number of carbonyl (C=O) groups excluding carboxylic acids is 6. The third-order valence-electron chi connectivity index (χ3n) is 7.79. The van der Waals surface area contributed by atoms with Crippen LogP contribution in [0.5, 0.6) is 5.75 Å². The Morgan fingerprint density at radius 3 is 1.41 bits per heavy atom. The van der Waals surface area contributed by atoms with Crippen molar-refractivity contribution in [3.63, 3.8) is 0 Å². The summed E-state index contributed by atoms with van der Waals surface area (Å²) < 4.78 is 74.0. The fourth-order valence-corrected chi connectivity index (χ4v) is 11.7. The number of benzene rings is 3. The van der Waals surface area contributed by atoms with Crippen molar-refractivity contribution in [2.75, 3.05) is 7.11 Å². The van der Waals surface area contributed by atoms with Crippen LogP contribution in [-0.4, -0.2) is 66.7 Å². The minimum atomic E-state index is -5.83. The van der Waals surface area contributed by atoms with E-state index < -0.39 is 71.4 Å². The molecule has 0 saturated carbocycles. The number of alkyl halides is 3. The van der Waals surface area contributed by atoms with E-state index in [1.807, 2.05) is 24.3 Å². The third-order valence-corrected chi connectivity index (χ3v) is 15.6. The largest absolute Gasteiger partial charge is 1.00 e. The van der Waals surface area contributed by atoms with Gasteiger partial charge in [-0.3, -0.25) is 9.59 Å². The van der Waals surface area contributed by atoms with Gasteiger partial charge in [-0.1, -0.05) is 12.1 Å². The van der Waals surface area contributed by atoms with E-state index in [0.29, 0.717) is 42.3 Å². The average Bonchev–Trinajstić information content (AvgIpc) is 3.65. The van der Waals surface area contributed by atoms with Crippen molar-refractivity contribution in [1.29, 1.82) is 0 Å². The van der Waals surface area contributed by atoms with Crippen molar-refractivity contribution >= 4 is 88.5 Å². The molecule has 0 unspecified atom stereocenters. The molecule has 2 aliphatic rings. The van der Waals surface area contributed by atoms with Crippen molar-refractivity contribution in [2.24, 2.45) is 0 Å². The number of hydrogen-bond acceptors (Lipinski definition) is 12. The maximum Gasteiger partial charge on any atom is 1.00 e. The second-order valence-electron chi connectivity index (χ2n) is 11.9. The van der Waals surface area contributed by atoms with E-state index in [-0.39, 0.29) is 92.1 Å². The molecule has 0 aliphatic carbocycles. The van der Waals surface area contributed by atoms with E-state index >= 15 is 0 Å². The first-order valence-corrected chi connectivity index (χ1v) is 22.3. The van der Waals surface area contributed by atoms with Crippen LogP contribution in [0.25, 0.3) is 0 Å². The van der Waals surface area contributed by atoms with Gasteiger partial charge < -0.3 is 28.8 Å². The van der Waals surface area contributed by atoms with Crippen LogP contribution in [0.2, 0.25) is 0 Å². The monoisotopic (exact) mass is 1170 g/mol. The molecule has 3 aromatic rings. The maximum atomic E-state index is 13.0. The van der Waals surface area contributed by atoms with Crippen LogP contribution in [0.15, 0.2) is 72.8 Å².